The average molecular weight is 383 g/mol. The van der Waals surface area contributed by atoms with Gasteiger partial charge in [0, 0.05) is 11.0 Å². The minimum atomic E-state index is -4.49. The standard InChI is InChI=1S/C17H14BrF3N2/c1-10-7-14-15(8-11(10)2)23(16(22-14)17(19,20)21)9-12-3-5-13(18)6-4-12/h3-8H,9H2,1-2H3. The van der Waals surface area contributed by atoms with Crippen LogP contribution in [-0.4, -0.2) is 9.55 Å². The van der Waals surface area contributed by atoms with Crippen LogP contribution in [-0.2, 0) is 12.7 Å². The van der Waals surface area contributed by atoms with Gasteiger partial charge < -0.3 is 4.57 Å². The predicted molar refractivity (Wildman–Crippen MR) is 87.5 cm³/mol. The Hall–Kier alpha value is -1.82. The van der Waals surface area contributed by atoms with E-state index in [2.05, 4.69) is 20.9 Å². The minimum absolute atomic E-state index is 0.126. The second-order valence-corrected chi connectivity index (χ2v) is 6.49. The van der Waals surface area contributed by atoms with Crippen molar-refractivity contribution in [3.05, 3.63) is 63.4 Å². The number of rotatable bonds is 2. The molecule has 0 atom stereocenters. The number of fused-ring (bicyclic) bond motifs is 1. The number of aryl methyl sites for hydroxylation is 2. The molecule has 0 amide bonds. The van der Waals surface area contributed by atoms with E-state index in [1.54, 1.807) is 24.3 Å². The smallest absolute Gasteiger partial charge is 0.316 e. The molecule has 0 aliphatic rings. The predicted octanol–water partition coefficient (Wildman–Crippen LogP) is 5.48. The SMILES string of the molecule is Cc1cc2nc(C(F)(F)F)n(Cc3ccc(Br)cc3)c2cc1C. The summed E-state index contributed by atoms with van der Waals surface area (Å²) < 4.78 is 42.2. The van der Waals surface area contributed by atoms with Gasteiger partial charge in [-0.3, -0.25) is 0 Å². The zero-order valence-corrected chi connectivity index (χ0v) is 14.2. The summed E-state index contributed by atoms with van der Waals surface area (Å²) in [6.45, 7) is 3.88. The molecule has 0 unspecified atom stereocenters. The lowest BCUT2D eigenvalue weighted by Crippen LogP contribution is -2.15. The van der Waals surface area contributed by atoms with E-state index < -0.39 is 12.0 Å². The molecule has 0 spiro atoms. The van der Waals surface area contributed by atoms with Crippen LogP contribution >= 0.6 is 15.9 Å². The van der Waals surface area contributed by atoms with Gasteiger partial charge in [-0.25, -0.2) is 4.98 Å². The average Bonchev–Trinajstić information content (AvgIpc) is 2.80. The van der Waals surface area contributed by atoms with Crippen LogP contribution in [0.15, 0.2) is 40.9 Å². The molecule has 2 nitrogen and oxygen atoms in total. The lowest BCUT2D eigenvalue weighted by atomic mass is 10.1. The molecule has 1 heterocycles. The monoisotopic (exact) mass is 382 g/mol. The summed E-state index contributed by atoms with van der Waals surface area (Å²) in [5.74, 6) is -0.861. The zero-order valence-electron chi connectivity index (χ0n) is 12.6. The van der Waals surface area contributed by atoms with Crippen LogP contribution in [0.2, 0.25) is 0 Å². The molecule has 1 aromatic heterocycles. The highest BCUT2D eigenvalue weighted by Crippen LogP contribution is 2.33. The van der Waals surface area contributed by atoms with Gasteiger partial charge in [0.2, 0.25) is 5.82 Å². The molecule has 0 fully saturated rings. The molecule has 0 radical (unpaired) electrons. The van der Waals surface area contributed by atoms with Crippen molar-refractivity contribution >= 4 is 27.0 Å². The topological polar surface area (TPSA) is 17.8 Å². The number of halogens is 4. The molecule has 3 rings (SSSR count). The molecule has 3 aromatic rings. The summed E-state index contributed by atoms with van der Waals surface area (Å²) in [5.41, 5.74) is 3.54. The summed E-state index contributed by atoms with van der Waals surface area (Å²) in [6.07, 6.45) is -4.49. The maximum Gasteiger partial charge on any atom is 0.449 e. The zero-order chi connectivity index (χ0) is 16.8. The van der Waals surface area contributed by atoms with Gasteiger partial charge in [0.25, 0.3) is 0 Å². The van der Waals surface area contributed by atoms with Crippen LogP contribution in [0.5, 0.6) is 0 Å². The number of hydrogen-bond acceptors (Lipinski definition) is 1. The molecule has 0 aliphatic heterocycles. The number of benzene rings is 2. The number of nitrogens with zero attached hydrogens (tertiary/aromatic N) is 2. The third kappa shape index (κ3) is 3.13. The van der Waals surface area contributed by atoms with Gasteiger partial charge in [0.05, 0.1) is 11.0 Å². The Labute approximate surface area is 140 Å². The van der Waals surface area contributed by atoms with E-state index in [1.165, 1.54) is 4.57 Å². The molecule has 0 bridgehead atoms. The summed E-state index contributed by atoms with van der Waals surface area (Å²) >= 11 is 3.33. The van der Waals surface area contributed by atoms with Crippen molar-refractivity contribution in [1.29, 1.82) is 0 Å². The van der Waals surface area contributed by atoms with Crippen molar-refractivity contribution in [3.63, 3.8) is 0 Å². The van der Waals surface area contributed by atoms with E-state index in [-0.39, 0.29) is 6.54 Å². The van der Waals surface area contributed by atoms with Crippen molar-refractivity contribution in [1.82, 2.24) is 9.55 Å². The molecule has 2 aromatic carbocycles. The first-order valence-electron chi connectivity index (χ1n) is 7.05. The Morgan fingerprint density at radius 2 is 1.65 bits per heavy atom. The quantitative estimate of drug-likeness (QED) is 0.573. The Kier molecular flexibility index (Phi) is 3.96. The fourth-order valence-corrected chi connectivity index (χ4v) is 2.79. The molecule has 0 saturated heterocycles. The molecule has 0 saturated carbocycles. The Balaban J connectivity index is 2.19. The highest BCUT2D eigenvalue weighted by atomic mass is 79.9. The van der Waals surface area contributed by atoms with Gasteiger partial charge in [-0.05, 0) is 54.8 Å². The third-order valence-electron chi connectivity index (χ3n) is 3.87. The highest BCUT2D eigenvalue weighted by Gasteiger charge is 2.37. The van der Waals surface area contributed by atoms with Crippen LogP contribution < -0.4 is 0 Å². The molecule has 0 N–H and O–H groups in total. The first-order valence-corrected chi connectivity index (χ1v) is 7.84. The first kappa shape index (κ1) is 16.1. The van der Waals surface area contributed by atoms with Crippen LogP contribution in [0.4, 0.5) is 13.2 Å². The largest absolute Gasteiger partial charge is 0.449 e. The lowest BCUT2D eigenvalue weighted by molar-refractivity contribution is -0.146. The Morgan fingerprint density at radius 3 is 2.26 bits per heavy atom. The Bertz CT molecular complexity index is 864. The van der Waals surface area contributed by atoms with Gasteiger partial charge in [0.15, 0.2) is 0 Å². The van der Waals surface area contributed by atoms with Crippen LogP contribution in [0, 0.1) is 13.8 Å². The maximum absolute atomic E-state index is 13.4. The van der Waals surface area contributed by atoms with Crippen LogP contribution in [0.25, 0.3) is 11.0 Å². The van der Waals surface area contributed by atoms with E-state index in [0.717, 1.165) is 21.2 Å². The normalized spacial score (nSPS) is 12.1. The van der Waals surface area contributed by atoms with Crippen LogP contribution in [0.1, 0.15) is 22.5 Å². The first-order chi connectivity index (χ1) is 10.8. The van der Waals surface area contributed by atoms with E-state index in [4.69, 9.17) is 0 Å². The fourth-order valence-electron chi connectivity index (χ4n) is 2.53. The number of aromatic nitrogens is 2. The van der Waals surface area contributed by atoms with E-state index in [1.807, 2.05) is 26.0 Å². The third-order valence-corrected chi connectivity index (χ3v) is 4.40. The molecule has 0 aliphatic carbocycles. The molecule has 6 heteroatoms. The summed E-state index contributed by atoms with van der Waals surface area (Å²) in [5, 5.41) is 0. The molecular formula is C17H14BrF3N2. The van der Waals surface area contributed by atoms with E-state index in [9.17, 15) is 13.2 Å². The van der Waals surface area contributed by atoms with Gasteiger partial charge in [-0.15, -0.1) is 0 Å². The van der Waals surface area contributed by atoms with Crippen molar-refractivity contribution < 1.29 is 13.2 Å². The van der Waals surface area contributed by atoms with Gasteiger partial charge in [-0.2, -0.15) is 13.2 Å². The van der Waals surface area contributed by atoms with Gasteiger partial charge in [0.1, 0.15) is 0 Å². The van der Waals surface area contributed by atoms with Crippen molar-refractivity contribution in [2.45, 2.75) is 26.6 Å². The van der Waals surface area contributed by atoms with Gasteiger partial charge >= 0.3 is 6.18 Å². The molecule has 23 heavy (non-hydrogen) atoms. The van der Waals surface area contributed by atoms with Crippen LogP contribution in [0.3, 0.4) is 0 Å². The summed E-state index contributed by atoms with van der Waals surface area (Å²) in [4.78, 5) is 3.83. The van der Waals surface area contributed by atoms with Gasteiger partial charge in [-0.1, -0.05) is 28.1 Å². The van der Waals surface area contributed by atoms with Crippen molar-refractivity contribution in [3.8, 4) is 0 Å². The minimum Gasteiger partial charge on any atom is -0.316 e. The molecule has 120 valence electrons. The molecular weight excluding hydrogens is 369 g/mol. The van der Waals surface area contributed by atoms with Crippen molar-refractivity contribution in [2.24, 2.45) is 0 Å². The Morgan fingerprint density at radius 1 is 1.04 bits per heavy atom. The maximum atomic E-state index is 13.4. The fraction of sp³-hybridized carbons (Fsp3) is 0.235. The van der Waals surface area contributed by atoms with E-state index in [0.29, 0.717) is 11.0 Å². The summed E-state index contributed by atoms with van der Waals surface area (Å²) in [6, 6.07) is 10.7. The second-order valence-electron chi connectivity index (χ2n) is 5.57. The number of alkyl halides is 3. The lowest BCUT2D eigenvalue weighted by Gasteiger charge is -2.12. The highest BCUT2D eigenvalue weighted by molar-refractivity contribution is 9.10. The second kappa shape index (κ2) is 5.67. The van der Waals surface area contributed by atoms with E-state index >= 15 is 0 Å². The van der Waals surface area contributed by atoms with Crippen molar-refractivity contribution in [2.75, 3.05) is 0 Å². The number of hydrogen-bond donors (Lipinski definition) is 0. The summed E-state index contributed by atoms with van der Waals surface area (Å²) in [7, 11) is 0. The number of imidazole rings is 1.